The third-order valence-corrected chi connectivity index (χ3v) is 0.401. The molecule has 0 bridgehead atoms. The van der Waals surface area contributed by atoms with Crippen molar-refractivity contribution in [1.29, 1.82) is 1.43 Å². The van der Waals surface area contributed by atoms with Crippen molar-refractivity contribution in [2.24, 2.45) is 0 Å². The van der Waals surface area contributed by atoms with E-state index >= 15 is 0 Å². The fraction of sp³-hybridized carbons (Fsp3) is 1.00. The van der Waals surface area contributed by atoms with Crippen LogP contribution in [0.3, 0.4) is 0 Å². The summed E-state index contributed by atoms with van der Waals surface area (Å²) in [5, 5.41) is 4.64. The molecule has 0 unspecified atom stereocenters. The van der Waals surface area contributed by atoms with Gasteiger partial charge < -0.3 is 5.11 Å². The largest absolute Gasteiger partial charge is 0.396 e. The summed E-state index contributed by atoms with van der Waals surface area (Å²) in [6.45, 7) is 0.472. The van der Waals surface area contributed by atoms with Crippen LogP contribution >= 0.6 is 15.9 Å². The lowest BCUT2D eigenvalue weighted by Crippen LogP contribution is -1.75. The molecule has 1 nitrogen and oxygen atoms in total. The Bertz CT molecular complexity index is 17.1. The maximum absolute atomic E-state index is 6.07. The SMILES string of the molecule is [2H]OCCBr. The number of rotatable bonds is 2. The van der Waals surface area contributed by atoms with E-state index in [0.717, 1.165) is 5.33 Å². The Balaban J connectivity index is 2.19. The summed E-state index contributed by atoms with van der Waals surface area (Å²) < 4.78 is 6.07. The Morgan fingerprint density at radius 3 is 3.00 bits per heavy atom. The molecule has 0 aromatic heterocycles. The molecule has 0 radical (unpaired) electrons. The molecule has 0 aliphatic heterocycles. The zero-order chi connectivity index (χ0) is 4.12. The van der Waals surface area contributed by atoms with Gasteiger partial charge in [-0.3, -0.25) is 0 Å². The van der Waals surface area contributed by atoms with E-state index in [2.05, 4.69) is 21.0 Å². The minimum Gasteiger partial charge on any atom is -0.396 e. The van der Waals surface area contributed by atoms with Crippen LogP contribution in [0.5, 0.6) is 0 Å². The van der Waals surface area contributed by atoms with Crippen LogP contribution < -0.4 is 0 Å². The number of aliphatic hydroxyl groups is 1. The molecule has 0 saturated carbocycles. The second kappa shape index (κ2) is 3.44. The van der Waals surface area contributed by atoms with Gasteiger partial charge in [-0.1, -0.05) is 15.9 Å². The monoisotopic (exact) mass is 125 g/mol. The predicted octanol–water partition coefficient (Wildman–Crippen LogP) is 0.374. The van der Waals surface area contributed by atoms with Gasteiger partial charge in [-0.05, 0) is 0 Å². The fourth-order valence-corrected chi connectivity index (χ4v) is 0. The molecule has 0 aliphatic rings. The molecular formula is C2H5BrO. The molecule has 0 spiro atoms. The van der Waals surface area contributed by atoms with Gasteiger partial charge in [0.15, 0.2) is 0 Å². The van der Waals surface area contributed by atoms with Crippen molar-refractivity contribution < 1.29 is 5.11 Å². The Hall–Kier alpha value is 0.440. The number of halogens is 1. The molecule has 0 fully saturated rings. The zero-order valence-electron chi connectivity index (χ0n) is 3.20. The molecule has 0 heterocycles. The highest BCUT2D eigenvalue weighted by Crippen LogP contribution is 1.69. The van der Waals surface area contributed by atoms with Crippen molar-refractivity contribution in [3.63, 3.8) is 0 Å². The molecule has 0 rings (SSSR count). The summed E-state index contributed by atoms with van der Waals surface area (Å²) in [4.78, 5) is 0. The third-order valence-electron chi connectivity index (χ3n) is 0.0772. The molecule has 0 amide bonds. The molecule has 0 aromatic rings. The smallest absolute Gasteiger partial charge is 0.210 e. The minimum absolute atomic E-state index is 0.472. The molecule has 0 atom stereocenters. The standard InChI is InChI=1S/C2H5BrO/c3-1-2-4/h4H,1-2H2/i4D. The Kier molecular flexibility index (Phi) is 2.29. The van der Waals surface area contributed by atoms with Crippen molar-refractivity contribution in [3.8, 4) is 0 Å². The van der Waals surface area contributed by atoms with E-state index in [9.17, 15) is 0 Å². The first-order valence-electron chi connectivity index (χ1n) is 1.46. The van der Waals surface area contributed by atoms with Crippen molar-refractivity contribution in [2.45, 2.75) is 0 Å². The maximum Gasteiger partial charge on any atom is 0.210 e. The predicted molar refractivity (Wildman–Crippen MR) is 20.9 cm³/mol. The summed E-state index contributed by atoms with van der Waals surface area (Å²) in [6, 6.07) is 0. The van der Waals surface area contributed by atoms with E-state index in [1.54, 1.807) is 0 Å². The second-order valence-corrected chi connectivity index (χ2v) is 1.19. The molecule has 0 aromatic carbocycles. The van der Waals surface area contributed by atoms with Crippen molar-refractivity contribution >= 4 is 15.9 Å². The van der Waals surface area contributed by atoms with Gasteiger partial charge in [0.05, 0.1) is 6.61 Å². The Morgan fingerprint density at radius 1 is 2.25 bits per heavy atom. The Labute approximate surface area is 35.3 Å². The van der Waals surface area contributed by atoms with Gasteiger partial charge >= 0.3 is 0 Å². The number of aliphatic hydroxyl groups excluding tert-OH is 1. The third kappa shape index (κ3) is 2.44. The van der Waals surface area contributed by atoms with Crippen LogP contribution in [0.15, 0.2) is 0 Å². The lowest BCUT2D eigenvalue weighted by atomic mass is 10.9. The summed E-state index contributed by atoms with van der Waals surface area (Å²) in [5.74, 6) is 0. The Morgan fingerprint density at radius 2 is 3.00 bits per heavy atom. The average Bonchev–Trinajstić information content (AvgIpc) is 1.41. The summed E-state index contributed by atoms with van der Waals surface area (Å²) in [7, 11) is 0. The van der Waals surface area contributed by atoms with Gasteiger partial charge in [0.1, 0.15) is 0 Å². The number of hydrogen-bond acceptors (Lipinski definition) is 1. The van der Waals surface area contributed by atoms with Gasteiger partial charge in [-0.25, -0.2) is 0 Å². The topological polar surface area (TPSA) is 20.2 Å². The van der Waals surface area contributed by atoms with E-state index in [1.165, 1.54) is 0 Å². The van der Waals surface area contributed by atoms with Gasteiger partial charge in [0, 0.05) is 5.33 Å². The van der Waals surface area contributed by atoms with Gasteiger partial charge in [-0.2, -0.15) is 0 Å². The van der Waals surface area contributed by atoms with Gasteiger partial charge in [0.2, 0.25) is 1.43 Å². The first kappa shape index (κ1) is 2.67. The van der Waals surface area contributed by atoms with Crippen molar-refractivity contribution in [1.82, 2.24) is 0 Å². The molecule has 1 N–H and O–H groups in total. The zero-order valence-corrected chi connectivity index (χ0v) is 3.79. The highest BCUT2D eigenvalue weighted by molar-refractivity contribution is 9.09. The fourth-order valence-electron chi connectivity index (χ4n) is 0. The van der Waals surface area contributed by atoms with Crippen molar-refractivity contribution in [3.05, 3.63) is 0 Å². The van der Waals surface area contributed by atoms with E-state index in [-0.39, 0.29) is 0 Å². The highest BCUT2D eigenvalue weighted by Gasteiger charge is 1.59. The van der Waals surface area contributed by atoms with E-state index in [0.29, 0.717) is 6.61 Å². The van der Waals surface area contributed by atoms with Crippen LogP contribution in [0, 0.1) is 0 Å². The molecule has 0 aliphatic carbocycles. The van der Waals surface area contributed by atoms with Crippen LogP contribution in [-0.2, 0) is 0 Å². The van der Waals surface area contributed by atoms with Crippen LogP contribution in [-0.4, -0.2) is 18.5 Å². The normalized spacial score (nSPS) is 10.8. The lowest BCUT2D eigenvalue weighted by Gasteiger charge is -1.67. The second-order valence-electron chi connectivity index (χ2n) is 0.393. The lowest BCUT2D eigenvalue weighted by molar-refractivity contribution is 0.324. The number of hydrogen-bond donors (Lipinski definition) is 1. The van der Waals surface area contributed by atoms with E-state index in [4.69, 9.17) is 1.43 Å². The van der Waals surface area contributed by atoms with Gasteiger partial charge in [-0.15, -0.1) is 0 Å². The highest BCUT2D eigenvalue weighted by atomic mass is 79.9. The minimum atomic E-state index is 0.472. The summed E-state index contributed by atoms with van der Waals surface area (Å²) in [6.07, 6.45) is 0. The molecule has 2 heteroatoms. The van der Waals surface area contributed by atoms with Gasteiger partial charge in [0.25, 0.3) is 0 Å². The van der Waals surface area contributed by atoms with Crippen LogP contribution in [0.4, 0.5) is 0 Å². The van der Waals surface area contributed by atoms with Crippen molar-refractivity contribution in [2.75, 3.05) is 11.9 Å². The summed E-state index contributed by atoms with van der Waals surface area (Å²) in [5.41, 5.74) is 0. The van der Waals surface area contributed by atoms with E-state index < -0.39 is 0 Å². The van der Waals surface area contributed by atoms with Crippen LogP contribution in [0.25, 0.3) is 0 Å². The molecular weight excluding hydrogens is 120 g/mol. The number of alkyl halides is 1. The first-order chi connectivity index (χ1) is 2.41. The molecule has 26 valence electrons. The van der Waals surface area contributed by atoms with Crippen LogP contribution in [0.1, 0.15) is 0 Å². The van der Waals surface area contributed by atoms with E-state index in [1.807, 2.05) is 0 Å². The molecule has 4 heavy (non-hydrogen) atoms. The average molecular weight is 126 g/mol. The van der Waals surface area contributed by atoms with Crippen LogP contribution in [0.2, 0.25) is 0 Å². The summed E-state index contributed by atoms with van der Waals surface area (Å²) >= 11 is 3.06. The molecule has 0 saturated heterocycles. The first-order valence-corrected chi connectivity index (χ1v) is 2.18. The maximum atomic E-state index is 6.07. The quantitative estimate of drug-likeness (QED) is 0.530.